The van der Waals surface area contributed by atoms with E-state index in [-0.39, 0.29) is 11.8 Å². The topological polar surface area (TPSA) is 104 Å². The number of nitro groups is 1. The molecule has 7 heteroatoms. The minimum absolute atomic E-state index is 0.0293. The standard InChI is InChI=1S/C11H14N4O3/c1-7(16)4-5-12-11-13-9-3-2-8(15(17)18)6-10(9)14-11/h2-3,6-7,16H,4-5H2,1H3,(H2,12,13,14). The van der Waals surface area contributed by atoms with Crippen molar-refractivity contribution < 1.29 is 10.0 Å². The second kappa shape index (κ2) is 5.01. The molecular weight excluding hydrogens is 236 g/mol. The molecular formula is C11H14N4O3. The molecule has 7 nitrogen and oxygen atoms in total. The normalized spacial score (nSPS) is 12.6. The molecule has 1 aromatic carbocycles. The lowest BCUT2D eigenvalue weighted by molar-refractivity contribution is -0.384. The summed E-state index contributed by atoms with van der Waals surface area (Å²) in [6.45, 7) is 2.29. The summed E-state index contributed by atoms with van der Waals surface area (Å²) >= 11 is 0. The molecule has 1 aromatic heterocycles. The number of nitro benzene ring substituents is 1. The van der Waals surface area contributed by atoms with Crippen LogP contribution in [-0.2, 0) is 0 Å². The molecule has 1 atom stereocenters. The highest BCUT2D eigenvalue weighted by Gasteiger charge is 2.09. The van der Waals surface area contributed by atoms with Crippen molar-refractivity contribution in [2.45, 2.75) is 19.4 Å². The first-order valence-corrected chi connectivity index (χ1v) is 5.62. The summed E-state index contributed by atoms with van der Waals surface area (Å²) in [6, 6.07) is 4.47. The Bertz CT molecular complexity index is 564. The number of nitrogens with zero attached hydrogens (tertiary/aromatic N) is 2. The van der Waals surface area contributed by atoms with Crippen LogP contribution in [0.5, 0.6) is 0 Å². The Hall–Kier alpha value is -2.15. The molecule has 0 fully saturated rings. The number of non-ortho nitro benzene ring substituents is 1. The van der Waals surface area contributed by atoms with Gasteiger partial charge in [0, 0.05) is 18.7 Å². The van der Waals surface area contributed by atoms with Gasteiger partial charge in [-0.05, 0) is 19.4 Å². The minimum atomic E-state index is -0.444. The maximum Gasteiger partial charge on any atom is 0.271 e. The van der Waals surface area contributed by atoms with Gasteiger partial charge < -0.3 is 15.4 Å². The van der Waals surface area contributed by atoms with Crippen LogP contribution in [0.4, 0.5) is 11.6 Å². The first kappa shape index (κ1) is 12.3. The van der Waals surface area contributed by atoms with Gasteiger partial charge in [-0.25, -0.2) is 4.98 Å². The molecule has 2 rings (SSSR count). The Kier molecular flexibility index (Phi) is 3.42. The van der Waals surface area contributed by atoms with E-state index in [1.165, 1.54) is 12.1 Å². The van der Waals surface area contributed by atoms with Crippen LogP contribution in [0.1, 0.15) is 13.3 Å². The van der Waals surface area contributed by atoms with Crippen LogP contribution in [0.25, 0.3) is 11.0 Å². The summed E-state index contributed by atoms with van der Waals surface area (Å²) in [6.07, 6.45) is 0.236. The highest BCUT2D eigenvalue weighted by Crippen LogP contribution is 2.20. The molecule has 0 bridgehead atoms. The quantitative estimate of drug-likeness (QED) is 0.553. The van der Waals surface area contributed by atoms with E-state index in [0.717, 1.165) is 0 Å². The number of rotatable bonds is 5. The number of aromatic amines is 1. The second-order valence-corrected chi connectivity index (χ2v) is 4.11. The van der Waals surface area contributed by atoms with E-state index in [1.54, 1.807) is 13.0 Å². The van der Waals surface area contributed by atoms with E-state index in [4.69, 9.17) is 5.11 Å². The van der Waals surface area contributed by atoms with Crippen molar-refractivity contribution in [3.63, 3.8) is 0 Å². The van der Waals surface area contributed by atoms with Crippen molar-refractivity contribution in [2.24, 2.45) is 0 Å². The monoisotopic (exact) mass is 250 g/mol. The number of nitrogens with one attached hydrogen (secondary N) is 2. The summed E-state index contributed by atoms with van der Waals surface area (Å²) in [5, 5.41) is 22.8. The van der Waals surface area contributed by atoms with Crippen LogP contribution in [0.2, 0.25) is 0 Å². The lowest BCUT2D eigenvalue weighted by atomic mass is 10.3. The van der Waals surface area contributed by atoms with Crippen molar-refractivity contribution in [3.05, 3.63) is 28.3 Å². The molecule has 96 valence electrons. The van der Waals surface area contributed by atoms with Gasteiger partial charge in [-0.1, -0.05) is 0 Å². The van der Waals surface area contributed by atoms with E-state index >= 15 is 0 Å². The van der Waals surface area contributed by atoms with Crippen molar-refractivity contribution in [2.75, 3.05) is 11.9 Å². The van der Waals surface area contributed by atoms with Gasteiger partial charge in [0.25, 0.3) is 5.69 Å². The lowest BCUT2D eigenvalue weighted by Crippen LogP contribution is -2.10. The Labute approximate surface area is 103 Å². The Morgan fingerprint density at radius 2 is 2.39 bits per heavy atom. The van der Waals surface area contributed by atoms with E-state index in [1.807, 2.05) is 0 Å². The summed E-state index contributed by atoms with van der Waals surface area (Å²) < 4.78 is 0. The van der Waals surface area contributed by atoms with Crippen molar-refractivity contribution >= 4 is 22.7 Å². The van der Waals surface area contributed by atoms with E-state index in [0.29, 0.717) is 29.9 Å². The molecule has 0 spiro atoms. The fourth-order valence-corrected chi connectivity index (χ4v) is 1.59. The SMILES string of the molecule is CC(O)CCNc1nc2ccc([N+](=O)[O-])cc2[nH]1. The molecule has 0 radical (unpaired) electrons. The largest absolute Gasteiger partial charge is 0.393 e. The summed E-state index contributed by atoms with van der Waals surface area (Å²) in [5.74, 6) is 0.547. The third kappa shape index (κ3) is 2.75. The highest BCUT2D eigenvalue weighted by molar-refractivity contribution is 5.79. The van der Waals surface area contributed by atoms with Gasteiger partial charge in [0.1, 0.15) is 0 Å². The predicted octanol–water partition coefficient (Wildman–Crippen LogP) is 1.65. The molecule has 0 aliphatic rings. The van der Waals surface area contributed by atoms with Crippen LogP contribution >= 0.6 is 0 Å². The average molecular weight is 250 g/mol. The average Bonchev–Trinajstić information content (AvgIpc) is 2.69. The minimum Gasteiger partial charge on any atom is -0.393 e. The van der Waals surface area contributed by atoms with Crippen LogP contribution in [-0.4, -0.2) is 32.6 Å². The number of imidazole rings is 1. The zero-order chi connectivity index (χ0) is 13.1. The first-order chi connectivity index (χ1) is 8.56. The molecule has 2 aromatic rings. The summed E-state index contributed by atoms with van der Waals surface area (Å²) in [5.41, 5.74) is 1.31. The number of H-pyrrole nitrogens is 1. The van der Waals surface area contributed by atoms with Gasteiger partial charge in [-0.2, -0.15) is 0 Å². The molecule has 0 saturated carbocycles. The van der Waals surface area contributed by atoms with Crippen molar-refractivity contribution in [1.29, 1.82) is 0 Å². The zero-order valence-corrected chi connectivity index (χ0v) is 9.88. The number of fused-ring (bicyclic) bond motifs is 1. The fraction of sp³-hybridized carbons (Fsp3) is 0.364. The van der Waals surface area contributed by atoms with Gasteiger partial charge >= 0.3 is 0 Å². The molecule has 1 heterocycles. The van der Waals surface area contributed by atoms with Gasteiger partial charge in [0.2, 0.25) is 5.95 Å². The molecule has 18 heavy (non-hydrogen) atoms. The van der Waals surface area contributed by atoms with E-state index < -0.39 is 4.92 Å². The van der Waals surface area contributed by atoms with Gasteiger partial charge in [-0.3, -0.25) is 10.1 Å². The number of anilines is 1. The molecule has 0 aliphatic carbocycles. The summed E-state index contributed by atoms with van der Waals surface area (Å²) in [7, 11) is 0. The first-order valence-electron chi connectivity index (χ1n) is 5.62. The zero-order valence-electron chi connectivity index (χ0n) is 9.88. The van der Waals surface area contributed by atoms with Crippen LogP contribution in [0.3, 0.4) is 0 Å². The number of hydrogen-bond acceptors (Lipinski definition) is 5. The number of aliphatic hydroxyl groups is 1. The van der Waals surface area contributed by atoms with Gasteiger partial charge in [0.05, 0.1) is 22.1 Å². The Balaban J connectivity index is 2.14. The van der Waals surface area contributed by atoms with Gasteiger partial charge in [-0.15, -0.1) is 0 Å². The second-order valence-electron chi connectivity index (χ2n) is 4.11. The van der Waals surface area contributed by atoms with Crippen molar-refractivity contribution in [1.82, 2.24) is 9.97 Å². The number of benzene rings is 1. The third-order valence-corrected chi connectivity index (χ3v) is 2.53. The maximum absolute atomic E-state index is 10.6. The maximum atomic E-state index is 10.6. The van der Waals surface area contributed by atoms with Crippen LogP contribution < -0.4 is 5.32 Å². The number of aliphatic hydroxyl groups excluding tert-OH is 1. The highest BCUT2D eigenvalue weighted by atomic mass is 16.6. The van der Waals surface area contributed by atoms with E-state index in [9.17, 15) is 10.1 Å². The number of aromatic nitrogens is 2. The lowest BCUT2D eigenvalue weighted by Gasteiger charge is -2.04. The van der Waals surface area contributed by atoms with E-state index in [2.05, 4.69) is 15.3 Å². The predicted molar refractivity (Wildman–Crippen MR) is 67.5 cm³/mol. The Morgan fingerprint density at radius 1 is 1.61 bits per heavy atom. The molecule has 0 saturated heterocycles. The molecule has 3 N–H and O–H groups in total. The fourth-order valence-electron chi connectivity index (χ4n) is 1.59. The summed E-state index contributed by atoms with van der Waals surface area (Å²) in [4.78, 5) is 17.4. The smallest absolute Gasteiger partial charge is 0.271 e. The van der Waals surface area contributed by atoms with Gasteiger partial charge in [0.15, 0.2) is 0 Å². The molecule has 0 aliphatic heterocycles. The molecule has 1 unspecified atom stereocenters. The van der Waals surface area contributed by atoms with Crippen LogP contribution in [0.15, 0.2) is 18.2 Å². The number of hydrogen-bond donors (Lipinski definition) is 3. The Morgan fingerprint density at radius 3 is 3.06 bits per heavy atom. The van der Waals surface area contributed by atoms with Crippen LogP contribution in [0, 0.1) is 10.1 Å². The van der Waals surface area contributed by atoms with Crippen molar-refractivity contribution in [3.8, 4) is 0 Å². The third-order valence-electron chi connectivity index (χ3n) is 2.53. The molecule has 0 amide bonds.